The van der Waals surface area contributed by atoms with E-state index in [9.17, 15) is 14.0 Å². The molecule has 3 rings (SSSR count). The molecular weight excluding hydrogens is 395 g/mol. The summed E-state index contributed by atoms with van der Waals surface area (Å²) in [5.74, 6) is -0.351. The Kier molecular flexibility index (Phi) is 6.84. The quantitative estimate of drug-likeness (QED) is 0.537. The van der Waals surface area contributed by atoms with E-state index in [0.717, 1.165) is 5.69 Å². The number of anilines is 2. The number of carbonyl (C=O) groups is 2. The maximum Gasteiger partial charge on any atom is 0.259 e. The van der Waals surface area contributed by atoms with Gasteiger partial charge in [0, 0.05) is 17.8 Å². The first kappa shape index (κ1) is 22.2. The van der Waals surface area contributed by atoms with Gasteiger partial charge in [-0.15, -0.1) is 0 Å². The molecule has 2 N–H and O–H groups in total. The van der Waals surface area contributed by atoms with E-state index in [1.54, 1.807) is 41.1 Å². The van der Waals surface area contributed by atoms with Gasteiger partial charge in [-0.3, -0.25) is 9.59 Å². The summed E-state index contributed by atoms with van der Waals surface area (Å²) in [6, 6.07) is 13.0. The molecule has 2 aromatic carbocycles. The van der Waals surface area contributed by atoms with Crippen molar-refractivity contribution in [3.63, 3.8) is 0 Å². The summed E-state index contributed by atoms with van der Waals surface area (Å²) in [6.07, 6.45) is 1.98. The van der Waals surface area contributed by atoms with Gasteiger partial charge in [0.2, 0.25) is 5.91 Å². The predicted molar refractivity (Wildman–Crippen MR) is 120 cm³/mol. The third kappa shape index (κ3) is 5.57. The highest BCUT2D eigenvalue weighted by molar-refractivity contribution is 6.05. The largest absolute Gasteiger partial charge is 0.326 e. The first-order valence-corrected chi connectivity index (χ1v) is 10.3. The van der Waals surface area contributed by atoms with Crippen LogP contribution in [0.4, 0.5) is 15.8 Å². The number of hydrogen-bond donors (Lipinski definition) is 2. The summed E-state index contributed by atoms with van der Waals surface area (Å²) in [7, 11) is 0. The topological polar surface area (TPSA) is 76.0 Å². The molecule has 0 bridgehead atoms. The normalized spacial score (nSPS) is 11.1. The Morgan fingerprint density at radius 1 is 0.935 bits per heavy atom. The highest BCUT2D eigenvalue weighted by atomic mass is 19.1. The van der Waals surface area contributed by atoms with Gasteiger partial charge in [-0.2, -0.15) is 5.10 Å². The van der Waals surface area contributed by atoms with Crippen molar-refractivity contribution >= 4 is 23.2 Å². The van der Waals surface area contributed by atoms with Crippen molar-refractivity contribution in [2.24, 2.45) is 5.92 Å². The smallest absolute Gasteiger partial charge is 0.259 e. The van der Waals surface area contributed by atoms with E-state index in [2.05, 4.69) is 15.7 Å². The lowest BCUT2D eigenvalue weighted by atomic mass is 10.0. The molecule has 0 spiro atoms. The molecule has 0 saturated heterocycles. The molecular formula is C24H27FN4O2. The number of aromatic nitrogens is 2. The van der Waals surface area contributed by atoms with E-state index >= 15 is 0 Å². The monoisotopic (exact) mass is 422 g/mol. The lowest BCUT2D eigenvalue weighted by molar-refractivity contribution is -0.116. The van der Waals surface area contributed by atoms with Gasteiger partial charge in [0.15, 0.2) is 0 Å². The Morgan fingerprint density at radius 3 is 2.06 bits per heavy atom. The Labute approximate surface area is 181 Å². The number of carbonyl (C=O) groups excluding carboxylic acids is 2. The van der Waals surface area contributed by atoms with Crippen molar-refractivity contribution in [3.8, 4) is 5.69 Å². The fourth-order valence-electron chi connectivity index (χ4n) is 3.29. The van der Waals surface area contributed by atoms with Crippen LogP contribution in [0.2, 0.25) is 0 Å². The number of amides is 2. The molecule has 0 unspecified atom stereocenters. The summed E-state index contributed by atoms with van der Waals surface area (Å²) in [5, 5.41) is 10.1. The second kappa shape index (κ2) is 9.55. The average Bonchev–Trinajstić information content (AvgIpc) is 3.15. The van der Waals surface area contributed by atoms with Crippen molar-refractivity contribution in [2.45, 2.75) is 40.0 Å². The van der Waals surface area contributed by atoms with Crippen LogP contribution in [0.25, 0.3) is 5.69 Å². The first-order valence-electron chi connectivity index (χ1n) is 10.3. The van der Waals surface area contributed by atoms with Crippen LogP contribution in [0.5, 0.6) is 0 Å². The van der Waals surface area contributed by atoms with E-state index in [-0.39, 0.29) is 29.5 Å². The molecule has 1 aromatic heterocycles. The molecule has 0 aliphatic heterocycles. The lowest BCUT2D eigenvalue weighted by Gasteiger charge is -2.13. The van der Waals surface area contributed by atoms with Gasteiger partial charge in [0.05, 0.1) is 23.1 Å². The second-order valence-corrected chi connectivity index (χ2v) is 8.16. The summed E-state index contributed by atoms with van der Waals surface area (Å²) in [4.78, 5) is 24.8. The SMILES string of the molecule is CC(C)CC(=O)Nc1ccc(NC(=O)c2cnn(-c3ccc(F)cc3)c2C(C)C)cc1. The van der Waals surface area contributed by atoms with E-state index in [1.165, 1.54) is 18.3 Å². The van der Waals surface area contributed by atoms with Crippen LogP contribution in [0.1, 0.15) is 56.1 Å². The van der Waals surface area contributed by atoms with Crippen LogP contribution in [-0.2, 0) is 4.79 Å². The molecule has 0 saturated carbocycles. The minimum atomic E-state index is -0.330. The molecule has 162 valence electrons. The Hall–Kier alpha value is -3.48. The van der Waals surface area contributed by atoms with E-state index in [4.69, 9.17) is 0 Å². The summed E-state index contributed by atoms with van der Waals surface area (Å²) in [6.45, 7) is 7.93. The van der Waals surface area contributed by atoms with Gasteiger partial charge in [0.25, 0.3) is 5.91 Å². The molecule has 3 aromatic rings. The Bertz CT molecular complexity index is 1050. The zero-order valence-corrected chi connectivity index (χ0v) is 18.1. The van der Waals surface area contributed by atoms with Crippen molar-refractivity contribution in [1.29, 1.82) is 0 Å². The van der Waals surface area contributed by atoms with E-state index in [0.29, 0.717) is 29.0 Å². The van der Waals surface area contributed by atoms with Crippen molar-refractivity contribution < 1.29 is 14.0 Å². The van der Waals surface area contributed by atoms with Crippen molar-refractivity contribution in [3.05, 3.63) is 71.8 Å². The fourth-order valence-corrected chi connectivity index (χ4v) is 3.29. The molecule has 1 heterocycles. The molecule has 31 heavy (non-hydrogen) atoms. The maximum absolute atomic E-state index is 13.3. The van der Waals surface area contributed by atoms with Crippen LogP contribution < -0.4 is 10.6 Å². The predicted octanol–water partition coefficient (Wildman–Crippen LogP) is 5.37. The van der Waals surface area contributed by atoms with Crippen LogP contribution in [-0.4, -0.2) is 21.6 Å². The van der Waals surface area contributed by atoms with E-state index < -0.39 is 0 Å². The van der Waals surface area contributed by atoms with Gasteiger partial charge >= 0.3 is 0 Å². The van der Waals surface area contributed by atoms with E-state index in [1.807, 2.05) is 27.7 Å². The zero-order valence-electron chi connectivity index (χ0n) is 18.1. The standard InChI is InChI=1S/C24H27FN4O2/c1-15(2)13-22(30)27-18-7-9-19(10-8-18)28-24(31)21-14-26-29(23(21)16(3)4)20-11-5-17(25)6-12-20/h5-12,14-16H,13H2,1-4H3,(H,27,30)(H,28,31). The highest BCUT2D eigenvalue weighted by Gasteiger charge is 2.21. The lowest BCUT2D eigenvalue weighted by Crippen LogP contribution is -2.16. The molecule has 6 nitrogen and oxygen atoms in total. The van der Waals surface area contributed by atoms with Crippen LogP contribution in [0, 0.1) is 11.7 Å². The highest BCUT2D eigenvalue weighted by Crippen LogP contribution is 2.24. The van der Waals surface area contributed by atoms with Gasteiger partial charge in [0.1, 0.15) is 5.82 Å². The zero-order chi connectivity index (χ0) is 22.5. The van der Waals surface area contributed by atoms with Gasteiger partial charge in [-0.25, -0.2) is 9.07 Å². The van der Waals surface area contributed by atoms with Crippen LogP contribution in [0.3, 0.4) is 0 Å². The average molecular weight is 423 g/mol. The number of halogens is 1. The van der Waals surface area contributed by atoms with Gasteiger partial charge in [-0.05, 0) is 60.4 Å². The van der Waals surface area contributed by atoms with Gasteiger partial charge in [-0.1, -0.05) is 27.7 Å². The second-order valence-electron chi connectivity index (χ2n) is 8.16. The Morgan fingerprint density at radius 2 is 1.52 bits per heavy atom. The van der Waals surface area contributed by atoms with Gasteiger partial charge < -0.3 is 10.6 Å². The molecule has 0 aliphatic carbocycles. The van der Waals surface area contributed by atoms with Crippen molar-refractivity contribution in [2.75, 3.05) is 10.6 Å². The minimum absolute atomic E-state index is 0.0202. The molecule has 2 amide bonds. The number of nitrogens with zero attached hydrogens (tertiary/aromatic N) is 2. The third-order valence-corrected chi connectivity index (χ3v) is 4.69. The number of nitrogens with one attached hydrogen (secondary N) is 2. The maximum atomic E-state index is 13.3. The Balaban J connectivity index is 1.76. The summed E-state index contributed by atoms with van der Waals surface area (Å²) >= 11 is 0. The summed E-state index contributed by atoms with van der Waals surface area (Å²) < 4.78 is 14.9. The molecule has 0 aliphatic rings. The summed E-state index contributed by atoms with van der Waals surface area (Å²) in [5.41, 5.74) is 3.16. The number of benzene rings is 2. The molecule has 7 heteroatoms. The van der Waals surface area contributed by atoms with Crippen LogP contribution in [0.15, 0.2) is 54.7 Å². The first-order chi connectivity index (χ1) is 14.7. The number of rotatable bonds is 7. The minimum Gasteiger partial charge on any atom is -0.326 e. The molecule has 0 fully saturated rings. The number of hydrogen-bond acceptors (Lipinski definition) is 3. The molecule has 0 atom stereocenters. The molecule has 0 radical (unpaired) electrons. The van der Waals surface area contributed by atoms with Crippen LogP contribution >= 0.6 is 0 Å². The third-order valence-electron chi connectivity index (χ3n) is 4.69. The fraction of sp³-hybridized carbons (Fsp3) is 0.292. The van der Waals surface area contributed by atoms with Crippen molar-refractivity contribution in [1.82, 2.24) is 9.78 Å².